The second kappa shape index (κ2) is 14.3. The number of carbonyl (C=O) groups is 3. The van der Waals surface area contributed by atoms with Crippen LogP contribution in [-0.4, -0.2) is 76.6 Å². The van der Waals surface area contributed by atoms with E-state index in [1.54, 1.807) is 13.2 Å². The van der Waals surface area contributed by atoms with Gasteiger partial charge in [0.1, 0.15) is 5.02 Å². The summed E-state index contributed by atoms with van der Waals surface area (Å²) in [4.78, 5) is 54.0. The molecule has 0 bridgehead atoms. The molecule has 1 aliphatic carbocycles. The number of rotatable bonds is 6. The Morgan fingerprint density at radius 3 is 2.18 bits per heavy atom. The number of likely N-dealkylation sites (N-methyl/N-ethyl adjacent to an activating group) is 1. The van der Waals surface area contributed by atoms with E-state index in [-0.39, 0.29) is 46.2 Å². The van der Waals surface area contributed by atoms with Gasteiger partial charge < -0.3 is 15.1 Å². The van der Waals surface area contributed by atoms with E-state index in [9.17, 15) is 19.2 Å². The lowest BCUT2D eigenvalue weighted by atomic mass is 9.64. The lowest BCUT2D eigenvalue weighted by molar-refractivity contribution is -0.134. The van der Waals surface area contributed by atoms with Crippen molar-refractivity contribution in [3.8, 4) is 0 Å². The molecule has 50 heavy (non-hydrogen) atoms. The SMILES string of the molecule is CN1C[C@H](Nc2cnn(C)c(=O)c2Cl)C[C@H](c2ccc(C(=O)N3CCC4(CCC(c5ccc(C6CCC(=O)NC6=O)cc5)CC4)CC3)cc2)C1. The Morgan fingerprint density at radius 2 is 1.50 bits per heavy atom. The van der Waals surface area contributed by atoms with Crippen molar-refractivity contribution in [3.05, 3.63) is 92.4 Å². The monoisotopic (exact) mass is 698 g/mol. The molecule has 3 aliphatic heterocycles. The Hall–Kier alpha value is -4.02. The van der Waals surface area contributed by atoms with E-state index in [2.05, 4.69) is 64.1 Å². The van der Waals surface area contributed by atoms with E-state index in [4.69, 9.17) is 11.6 Å². The standard InChI is InChI=1S/C39H47ClN6O4/c1-44-23-30(21-31(24-44)42-33-22-41-45(2)38(50)35(33)40)26-5-9-29(10-6-26)37(49)46-19-17-39(18-20-46)15-13-27(14-16-39)25-3-7-28(8-4-25)32-11-12-34(47)43-36(32)48/h3-10,22,27,30-32,42H,11-21,23-24H2,1-2H3,(H,43,47,48)/t30-,31+,32?/m0/s1. The van der Waals surface area contributed by atoms with Gasteiger partial charge in [-0.25, -0.2) is 4.68 Å². The summed E-state index contributed by atoms with van der Waals surface area (Å²) in [5.41, 5.74) is 4.82. The fourth-order valence-electron chi connectivity index (χ4n) is 8.84. The number of imide groups is 1. The summed E-state index contributed by atoms with van der Waals surface area (Å²) < 4.78 is 1.23. The zero-order chi connectivity index (χ0) is 35.0. The molecule has 264 valence electrons. The van der Waals surface area contributed by atoms with E-state index in [1.807, 2.05) is 17.0 Å². The largest absolute Gasteiger partial charge is 0.378 e. The molecule has 0 radical (unpaired) electrons. The summed E-state index contributed by atoms with van der Waals surface area (Å²) in [5.74, 6) is 0.309. The third kappa shape index (κ3) is 7.23. The van der Waals surface area contributed by atoms with Gasteiger partial charge >= 0.3 is 0 Å². The van der Waals surface area contributed by atoms with Crippen molar-refractivity contribution < 1.29 is 14.4 Å². The van der Waals surface area contributed by atoms with Gasteiger partial charge in [0.05, 0.1) is 17.8 Å². The molecular formula is C39H47ClN6O4. The van der Waals surface area contributed by atoms with Crippen LogP contribution in [0, 0.1) is 5.41 Å². The lowest BCUT2D eigenvalue weighted by Crippen LogP contribution is -2.44. The fraction of sp³-hybridized carbons (Fsp3) is 0.513. The van der Waals surface area contributed by atoms with Crippen molar-refractivity contribution in [2.45, 2.75) is 81.6 Å². The Balaban J connectivity index is 0.901. The first-order valence-corrected chi connectivity index (χ1v) is 18.4. The van der Waals surface area contributed by atoms with Gasteiger partial charge in [0, 0.05) is 51.3 Å². The van der Waals surface area contributed by atoms with Crippen LogP contribution in [0.1, 0.15) is 103 Å². The molecule has 1 spiro atoms. The topological polar surface area (TPSA) is 117 Å². The molecule has 7 rings (SSSR count). The van der Waals surface area contributed by atoms with Crippen LogP contribution in [0.15, 0.2) is 59.5 Å². The first-order valence-electron chi connectivity index (χ1n) is 18.1. The molecule has 3 amide bonds. The van der Waals surface area contributed by atoms with Crippen LogP contribution in [0.25, 0.3) is 0 Å². The first kappa shape index (κ1) is 34.4. The minimum atomic E-state index is -0.318. The Morgan fingerprint density at radius 1 is 0.860 bits per heavy atom. The third-order valence-electron chi connectivity index (χ3n) is 11.9. The van der Waals surface area contributed by atoms with Crippen molar-refractivity contribution in [1.82, 2.24) is 24.9 Å². The number of nitrogens with one attached hydrogen (secondary N) is 2. The predicted molar refractivity (Wildman–Crippen MR) is 194 cm³/mol. The van der Waals surface area contributed by atoms with E-state index in [0.717, 1.165) is 69.4 Å². The number of carbonyl (C=O) groups excluding carboxylic acids is 3. The number of halogens is 1. The first-order chi connectivity index (χ1) is 24.1. The van der Waals surface area contributed by atoms with Crippen LogP contribution in [0.5, 0.6) is 0 Å². The van der Waals surface area contributed by atoms with Crippen LogP contribution in [0.2, 0.25) is 5.02 Å². The number of hydrogen-bond acceptors (Lipinski definition) is 7. The molecule has 4 fully saturated rings. The summed E-state index contributed by atoms with van der Waals surface area (Å²) in [6.45, 7) is 3.34. The van der Waals surface area contributed by atoms with Gasteiger partial charge in [0.2, 0.25) is 11.8 Å². The van der Waals surface area contributed by atoms with Gasteiger partial charge in [-0.3, -0.25) is 24.5 Å². The average Bonchev–Trinajstić information content (AvgIpc) is 3.12. The Bertz CT molecular complexity index is 1790. The van der Waals surface area contributed by atoms with Gasteiger partial charge in [-0.2, -0.15) is 5.10 Å². The zero-order valence-electron chi connectivity index (χ0n) is 29.0. The quantitative estimate of drug-likeness (QED) is 0.330. The van der Waals surface area contributed by atoms with Crippen molar-refractivity contribution in [3.63, 3.8) is 0 Å². The molecule has 4 heterocycles. The number of aromatic nitrogens is 2. The number of aryl methyl sites for hydroxylation is 1. The minimum Gasteiger partial charge on any atom is -0.378 e. The Kier molecular flexibility index (Phi) is 9.85. The van der Waals surface area contributed by atoms with E-state index in [0.29, 0.717) is 29.9 Å². The van der Waals surface area contributed by atoms with Crippen LogP contribution >= 0.6 is 11.6 Å². The van der Waals surface area contributed by atoms with Gasteiger partial charge in [0.25, 0.3) is 11.5 Å². The number of benzene rings is 2. The number of anilines is 1. The number of amides is 3. The van der Waals surface area contributed by atoms with Gasteiger partial charge in [-0.15, -0.1) is 0 Å². The highest BCUT2D eigenvalue weighted by Crippen LogP contribution is 2.49. The van der Waals surface area contributed by atoms with E-state index >= 15 is 0 Å². The lowest BCUT2D eigenvalue weighted by Gasteiger charge is -2.46. The molecule has 1 unspecified atom stereocenters. The summed E-state index contributed by atoms with van der Waals surface area (Å²) >= 11 is 6.32. The van der Waals surface area contributed by atoms with E-state index in [1.165, 1.54) is 28.7 Å². The second-order valence-corrected chi connectivity index (χ2v) is 15.5. The maximum atomic E-state index is 13.6. The number of nitrogens with zero attached hydrogens (tertiary/aromatic N) is 4. The fourth-order valence-corrected chi connectivity index (χ4v) is 9.06. The molecule has 3 aromatic rings. The number of hydrogen-bond donors (Lipinski definition) is 2. The van der Waals surface area contributed by atoms with Gasteiger partial charge in [-0.05, 0) is 104 Å². The summed E-state index contributed by atoms with van der Waals surface area (Å²) in [7, 11) is 3.68. The average molecular weight is 699 g/mol. The maximum absolute atomic E-state index is 13.6. The third-order valence-corrected chi connectivity index (χ3v) is 12.3. The van der Waals surface area contributed by atoms with Crippen molar-refractivity contribution in [2.24, 2.45) is 12.5 Å². The molecule has 11 heteroatoms. The van der Waals surface area contributed by atoms with Gasteiger partial charge in [0.15, 0.2) is 0 Å². The van der Waals surface area contributed by atoms with Crippen LogP contribution < -0.4 is 16.2 Å². The second-order valence-electron chi connectivity index (χ2n) is 15.2. The summed E-state index contributed by atoms with van der Waals surface area (Å²) in [5, 5.41) is 10.2. The zero-order valence-corrected chi connectivity index (χ0v) is 29.8. The van der Waals surface area contributed by atoms with Crippen molar-refractivity contribution in [1.29, 1.82) is 0 Å². The molecule has 2 aromatic carbocycles. The smallest absolute Gasteiger partial charge is 0.287 e. The van der Waals surface area contributed by atoms with Crippen LogP contribution in [0.3, 0.4) is 0 Å². The maximum Gasteiger partial charge on any atom is 0.287 e. The van der Waals surface area contributed by atoms with Gasteiger partial charge in [-0.1, -0.05) is 48.0 Å². The van der Waals surface area contributed by atoms with Crippen molar-refractivity contribution in [2.75, 3.05) is 38.5 Å². The normalized spacial score (nSPS) is 24.6. The highest BCUT2D eigenvalue weighted by atomic mass is 35.5. The summed E-state index contributed by atoms with van der Waals surface area (Å²) in [6.07, 6.45) is 10.2. The van der Waals surface area contributed by atoms with Crippen LogP contribution in [-0.2, 0) is 16.6 Å². The molecular weight excluding hydrogens is 652 g/mol. The Labute approximate surface area is 298 Å². The molecule has 3 saturated heterocycles. The van der Waals surface area contributed by atoms with E-state index < -0.39 is 0 Å². The highest BCUT2D eigenvalue weighted by molar-refractivity contribution is 6.32. The molecule has 1 saturated carbocycles. The molecule has 1 aromatic heterocycles. The number of piperidine rings is 3. The molecule has 10 nitrogen and oxygen atoms in total. The molecule has 4 aliphatic rings. The highest BCUT2D eigenvalue weighted by Gasteiger charge is 2.39. The molecule has 2 N–H and O–H groups in total. The predicted octanol–water partition coefficient (Wildman–Crippen LogP) is 5.43. The van der Waals surface area contributed by atoms with Crippen LogP contribution in [0.4, 0.5) is 5.69 Å². The molecule has 3 atom stereocenters. The number of likely N-dealkylation sites (tertiary alicyclic amines) is 2. The summed E-state index contributed by atoms with van der Waals surface area (Å²) in [6, 6.07) is 16.8. The van der Waals surface area contributed by atoms with Crippen molar-refractivity contribution >= 4 is 35.0 Å². The minimum absolute atomic E-state index is 0.104.